The van der Waals surface area contributed by atoms with E-state index < -0.39 is 0 Å². The molecule has 0 aliphatic heterocycles. The number of benzene rings is 1. The quantitative estimate of drug-likeness (QED) is 0.448. The lowest BCUT2D eigenvalue weighted by atomic mass is 10.1. The van der Waals surface area contributed by atoms with Gasteiger partial charge in [-0.05, 0) is 31.0 Å². The van der Waals surface area contributed by atoms with Crippen LogP contribution < -0.4 is 11.1 Å². The SMILES string of the molecule is CC(S)N[C@@H](Cc1ccc(N)cc1)c1nccs1. The number of rotatable bonds is 5. The summed E-state index contributed by atoms with van der Waals surface area (Å²) in [6, 6.07) is 8.17. The molecule has 0 spiro atoms. The van der Waals surface area contributed by atoms with E-state index in [2.05, 4.69) is 35.1 Å². The highest BCUT2D eigenvalue weighted by molar-refractivity contribution is 7.80. The summed E-state index contributed by atoms with van der Waals surface area (Å²) in [5, 5.41) is 6.65. The van der Waals surface area contributed by atoms with Gasteiger partial charge in [-0.3, -0.25) is 5.32 Å². The molecular weight excluding hydrogens is 262 g/mol. The molecule has 0 saturated carbocycles. The zero-order valence-corrected chi connectivity index (χ0v) is 11.9. The van der Waals surface area contributed by atoms with Crippen LogP contribution in [-0.4, -0.2) is 10.4 Å². The zero-order chi connectivity index (χ0) is 13.0. The first-order chi connectivity index (χ1) is 8.65. The van der Waals surface area contributed by atoms with Crippen LogP contribution in [0.4, 0.5) is 5.69 Å². The van der Waals surface area contributed by atoms with Gasteiger partial charge < -0.3 is 5.73 Å². The number of hydrogen-bond donors (Lipinski definition) is 3. The number of nitrogens with two attached hydrogens (primary N) is 1. The molecule has 5 heteroatoms. The first-order valence-corrected chi connectivity index (χ1v) is 7.22. The minimum atomic E-state index is 0.132. The van der Waals surface area contributed by atoms with Gasteiger partial charge in [0.05, 0.1) is 6.04 Å². The molecule has 3 nitrogen and oxygen atoms in total. The molecule has 2 atom stereocenters. The number of thiazole rings is 1. The van der Waals surface area contributed by atoms with E-state index in [1.807, 2.05) is 30.6 Å². The van der Waals surface area contributed by atoms with Gasteiger partial charge in [-0.25, -0.2) is 4.98 Å². The molecule has 0 aliphatic rings. The smallest absolute Gasteiger partial charge is 0.110 e. The zero-order valence-electron chi connectivity index (χ0n) is 10.2. The van der Waals surface area contributed by atoms with E-state index in [1.54, 1.807) is 11.3 Å². The number of anilines is 1. The molecular formula is C13H17N3S2. The number of thiol groups is 1. The monoisotopic (exact) mass is 279 g/mol. The maximum atomic E-state index is 5.69. The molecule has 96 valence electrons. The number of hydrogen-bond acceptors (Lipinski definition) is 5. The van der Waals surface area contributed by atoms with Crippen molar-refractivity contribution in [1.82, 2.24) is 10.3 Å². The summed E-state index contributed by atoms with van der Waals surface area (Å²) < 4.78 is 0. The second kappa shape index (κ2) is 6.22. The molecule has 0 amide bonds. The summed E-state index contributed by atoms with van der Waals surface area (Å²) in [5.41, 5.74) is 7.73. The van der Waals surface area contributed by atoms with Crippen LogP contribution in [-0.2, 0) is 6.42 Å². The third-order valence-electron chi connectivity index (χ3n) is 2.61. The van der Waals surface area contributed by atoms with Crippen molar-refractivity contribution < 1.29 is 0 Å². The summed E-state index contributed by atoms with van der Waals surface area (Å²) >= 11 is 6.06. The lowest BCUT2D eigenvalue weighted by molar-refractivity contribution is 0.528. The molecule has 0 bridgehead atoms. The third kappa shape index (κ3) is 3.73. The van der Waals surface area contributed by atoms with Gasteiger partial charge in [0, 0.05) is 22.6 Å². The van der Waals surface area contributed by atoms with Crippen molar-refractivity contribution in [1.29, 1.82) is 0 Å². The Morgan fingerprint density at radius 1 is 1.39 bits per heavy atom. The molecule has 1 aromatic heterocycles. The van der Waals surface area contributed by atoms with Crippen LogP contribution in [0, 0.1) is 0 Å². The van der Waals surface area contributed by atoms with Crippen molar-refractivity contribution in [3.8, 4) is 0 Å². The van der Waals surface area contributed by atoms with Crippen LogP contribution in [0.25, 0.3) is 0 Å². The lowest BCUT2D eigenvalue weighted by Gasteiger charge is -2.19. The van der Waals surface area contributed by atoms with Gasteiger partial charge in [0.15, 0.2) is 0 Å². The number of nitrogens with one attached hydrogen (secondary N) is 1. The Morgan fingerprint density at radius 3 is 2.67 bits per heavy atom. The highest BCUT2D eigenvalue weighted by atomic mass is 32.1. The van der Waals surface area contributed by atoms with E-state index in [0.717, 1.165) is 17.1 Å². The molecule has 2 aromatic rings. The Labute approximate surface area is 117 Å². The average molecular weight is 279 g/mol. The van der Waals surface area contributed by atoms with Crippen molar-refractivity contribution in [3.05, 3.63) is 46.4 Å². The number of nitrogens with zero attached hydrogens (tertiary/aromatic N) is 1. The van der Waals surface area contributed by atoms with Gasteiger partial charge in [0.1, 0.15) is 5.01 Å². The van der Waals surface area contributed by atoms with E-state index >= 15 is 0 Å². The maximum Gasteiger partial charge on any atom is 0.110 e. The van der Waals surface area contributed by atoms with Crippen molar-refractivity contribution in [2.45, 2.75) is 24.8 Å². The molecule has 0 fully saturated rings. The van der Waals surface area contributed by atoms with Crippen molar-refractivity contribution in [3.63, 3.8) is 0 Å². The van der Waals surface area contributed by atoms with E-state index in [0.29, 0.717) is 0 Å². The molecule has 0 radical (unpaired) electrons. The summed E-state index contributed by atoms with van der Waals surface area (Å²) in [6.45, 7) is 2.02. The Kier molecular flexibility index (Phi) is 4.63. The van der Waals surface area contributed by atoms with Crippen LogP contribution in [0.15, 0.2) is 35.8 Å². The largest absolute Gasteiger partial charge is 0.399 e. The normalized spacial score (nSPS) is 14.3. The molecule has 2 rings (SSSR count). The Hall–Kier alpha value is -1.04. The fourth-order valence-corrected chi connectivity index (χ4v) is 2.68. The summed E-state index contributed by atoms with van der Waals surface area (Å²) in [4.78, 5) is 4.38. The minimum Gasteiger partial charge on any atom is -0.399 e. The second-order valence-corrected chi connectivity index (χ2v) is 5.91. The Bertz CT molecular complexity index is 465. The van der Waals surface area contributed by atoms with Gasteiger partial charge in [-0.2, -0.15) is 12.6 Å². The van der Waals surface area contributed by atoms with E-state index in [-0.39, 0.29) is 11.4 Å². The highest BCUT2D eigenvalue weighted by Gasteiger charge is 2.15. The lowest BCUT2D eigenvalue weighted by Crippen LogP contribution is -2.28. The molecule has 3 N–H and O–H groups in total. The molecule has 0 saturated heterocycles. The Morgan fingerprint density at radius 2 is 2.11 bits per heavy atom. The van der Waals surface area contributed by atoms with Gasteiger partial charge in [0.25, 0.3) is 0 Å². The number of nitrogen functional groups attached to an aromatic ring is 1. The van der Waals surface area contributed by atoms with Crippen LogP contribution >= 0.6 is 24.0 Å². The van der Waals surface area contributed by atoms with Gasteiger partial charge >= 0.3 is 0 Å². The van der Waals surface area contributed by atoms with Gasteiger partial charge in [-0.15, -0.1) is 11.3 Å². The van der Waals surface area contributed by atoms with Crippen molar-refractivity contribution >= 4 is 29.7 Å². The topological polar surface area (TPSA) is 50.9 Å². The highest BCUT2D eigenvalue weighted by Crippen LogP contribution is 2.22. The van der Waals surface area contributed by atoms with Crippen LogP contribution in [0.5, 0.6) is 0 Å². The summed E-state index contributed by atoms with van der Waals surface area (Å²) in [7, 11) is 0. The molecule has 0 aliphatic carbocycles. The predicted molar refractivity (Wildman–Crippen MR) is 81.0 cm³/mol. The van der Waals surface area contributed by atoms with Gasteiger partial charge in [-0.1, -0.05) is 12.1 Å². The summed E-state index contributed by atoms with van der Waals surface area (Å²) in [6.07, 6.45) is 2.72. The maximum absolute atomic E-state index is 5.69. The van der Waals surface area contributed by atoms with E-state index in [1.165, 1.54) is 5.56 Å². The summed E-state index contributed by atoms with van der Waals surface area (Å²) in [5.74, 6) is 0. The standard InChI is InChI=1S/C13H17N3S2/c1-9(17)16-12(13-15-6-7-18-13)8-10-2-4-11(14)5-3-10/h2-7,9,12,16-17H,8,14H2,1H3/t9?,12-/m0/s1. The van der Waals surface area contributed by atoms with E-state index in [4.69, 9.17) is 5.73 Å². The minimum absolute atomic E-state index is 0.132. The van der Waals surface area contributed by atoms with Crippen LogP contribution in [0.1, 0.15) is 23.5 Å². The fraction of sp³-hybridized carbons (Fsp3) is 0.308. The molecule has 1 heterocycles. The van der Waals surface area contributed by atoms with Crippen LogP contribution in [0.2, 0.25) is 0 Å². The third-order valence-corrected chi connectivity index (χ3v) is 3.65. The average Bonchev–Trinajstić information content (AvgIpc) is 2.84. The first kappa shape index (κ1) is 13.4. The molecule has 1 unspecified atom stereocenters. The van der Waals surface area contributed by atoms with Gasteiger partial charge in [0.2, 0.25) is 0 Å². The molecule has 1 aromatic carbocycles. The van der Waals surface area contributed by atoms with Crippen LogP contribution in [0.3, 0.4) is 0 Å². The van der Waals surface area contributed by atoms with E-state index in [9.17, 15) is 0 Å². The van der Waals surface area contributed by atoms with Crippen molar-refractivity contribution in [2.24, 2.45) is 0 Å². The molecule has 18 heavy (non-hydrogen) atoms. The first-order valence-electron chi connectivity index (χ1n) is 5.83. The fourth-order valence-electron chi connectivity index (χ4n) is 1.80. The predicted octanol–water partition coefficient (Wildman–Crippen LogP) is 2.87. The number of aromatic nitrogens is 1. The van der Waals surface area contributed by atoms with Crippen molar-refractivity contribution in [2.75, 3.05) is 5.73 Å². The second-order valence-electron chi connectivity index (χ2n) is 4.21. The Balaban J connectivity index is 2.12.